The monoisotopic (exact) mass is 274 g/mol. The molecule has 110 valence electrons. The lowest BCUT2D eigenvalue weighted by Gasteiger charge is -2.39. The maximum Gasteiger partial charge on any atom is 0.228 e. The molecule has 0 aliphatic carbocycles. The summed E-state index contributed by atoms with van der Waals surface area (Å²) in [6.07, 6.45) is 4.02. The van der Waals surface area contributed by atoms with Gasteiger partial charge >= 0.3 is 0 Å². The third kappa shape index (κ3) is 3.40. The molecule has 2 rings (SSSR count). The van der Waals surface area contributed by atoms with Crippen molar-refractivity contribution in [3.05, 3.63) is 35.9 Å². The molecule has 1 fully saturated rings. The molecule has 1 aromatic carbocycles. The van der Waals surface area contributed by atoms with Crippen LogP contribution < -0.4 is 5.32 Å². The number of hydrogen-bond donors (Lipinski definition) is 1. The Hall–Kier alpha value is -1.35. The molecule has 0 unspecified atom stereocenters. The molecule has 1 aliphatic heterocycles. The van der Waals surface area contributed by atoms with Crippen LogP contribution in [0.25, 0.3) is 0 Å². The van der Waals surface area contributed by atoms with E-state index in [0.29, 0.717) is 12.5 Å². The molecule has 1 aliphatic rings. The average Bonchev–Trinajstić information content (AvgIpc) is 2.48. The summed E-state index contributed by atoms with van der Waals surface area (Å²) in [5.41, 5.74) is 1.06. The molecule has 1 N–H and O–H groups in total. The molecule has 0 spiro atoms. The molecule has 3 nitrogen and oxygen atoms in total. The van der Waals surface area contributed by atoms with E-state index in [1.807, 2.05) is 30.1 Å². The second kappa shape index (κ2) is 6.89. The number of amides is 1. The van der Waals surface area contributed by atoms with Crippen LogP contribution >= 0.6 is 0 Å². The Balaban J connectivity index is 2.06. The lowest BCUT2D eigenvalue weighted by atomic mass is 9.74. The van der Waals surface area contributed by atoms with E-state index in [4.69, 9.17) is 0 Å². The summed E-state index contributed by atoms with van der Waals surface area (Å²) in [5.74, 6) is 0.324. The van der Waals surface area contributed by atoms with Gasteiger partial charge in [-0.2, -0.15) is 0 Å². The summed E-state index contributed by atoms with van der Waals surface area (Å²) in [6, 6.07) is 10.2. The standard InChI is InChI=1S/C17H26N2O/c1-3-9-17(10-12-18-13-11-17)16(20)19(2)14-15-7-5-4-6-8-15/h4-8,18H,3,9-14H2,1-2H3. The highest BCUT2D eigenvalue weighted by atomic mass is 16.2. The van der Waals surface area contributed by atoms with Crippen LogP contribution in [0.15, 0.2) is 30.3 Å². The van der Waals surface area contributed by atoms with Gasteiger partial charge in [-0.3, -0.25) is 4.79 Å². The van der Waals surface area contributed by atoms with Crippen LogP contribution in [0.5, 0.6) is 0 Å². The Labute approximate surface area is 122 Å². The summed E-state index contributed by atoms with van der Waals surface area (Å²) in [5, 5.41) is 3.37. The minimum atomic E-state index is -0.135. The molecule has 0 radical (unpaired) electrons. The van der Waals surface area contributed by atoms with Gasteiger partial charge in [0.05, 0.1) is 5.41 Å². The molecule has 0 aromatic heterocycles. The van der Waals surface area contributed by atoms with Crippen molar-refractivity contribution in [2.24, 2.45) is 5.41 Å². The fourth-order valence-corrected chi connectivity index (χ4v) is 3.29. The number of nitrogens with one attached hydrogen (secondary N) is 1. The highest BCUT2D eigenvalue weighted by molar-refractivity contribution is 5.82. The molecule has 1 amide bonds. The van der Waals surface area contributed by atoms with Crippen LogP contribution in [-0.2, 0) is 11.3 Å². The molecular formula is C17H26N2O. The first-order valence-corrected chi connectivity index (χ1v) is 7.68. The van der Waals surface area contributed by atoms with E-state index in [1.54, 1.807) is 0 Å². The number of carbonyl (C=O) groups is 1. The Morgan fingerprint density at radius 3 is 2.50 bits per heavy atom. The first-order valence-electron chi connectivity index (χ1n) is 7.68. The van der Waals surface area contributed by atoms with Crippen LogP contribution in [-0.4, -0.2) is 30.9 Å². The van der Waals surface area contributed by atoms with Gasteiger partial charge in [0.2, 0.25) is 5.91 Å². The zero-order chi connectivity index (χ0) is 14.4. The number of benzene rings is 1. The Morgan fingerprint density at radius 1 is 1.25 bits per heavy atom. The molecule has 0 atom stereocenters. The number of carbonyl (C=O) groups excluding carboxylic acids is 1. The Bertz CT molecular complexity index is 418. The van der Waals surface area contributed by atoms with Crippen LogP contribution in [0, 0.1) is 5.41 Å². The van der Waals surface area contributed by atoms with Crippen molar-refractivity contribution in [2.75, 3.05) is 20.1 Å². The van der Waals surface area contributed by atoms with E-state index in [1.165, 1.54) is 5.56 Å². The molecule has 0 bridgehead atoms. The summed E-state index contributed by atoms with van der Waals surface area (Å²) >= 11 is 0. The van der Waals surface area contributed by atoms with E-state index >= 15 is 0 Å². The largest absolute Gasteiger partial charge is 0.341 e. The second-order valence-electron chi connectivity index (χ2n) is 5.93. The average molecular weight is 274 g/mol. The molecule has 3 heteroatoms. The topological polar surface area (TPSA) is 32.3 Å². The number of rotatable bonds is 5. The van der Waals surface area contributed by atoms with Gasteiger partial charge < -0.3 is 10.2 Å². The van der Waals surface area contributed by atoms with Gasteiger partial charge in [-0.1, -0.05) is 43.7 Å². The zero-order valence-electron chi connectivity index (χ0n) is 12.7. The number of piperidine rings is 1. The molecule has 1 saturated heterocycles. The summed E-state index contributed by atoms with van der Waals surface area (Å²) in [6.45, 7) is 4.81. The minimum absolute atomic E-state index is 0.135. The van der Waals surface area contributed by atoms with E-state index in [0.717, 1.165) is 38.8 Å². The number of hydrogen-bond acceptors (Lipinski definition) is 2. The van der Waals surface area contributed by atoms with Crippen molar-refractivity contribution in [1.82, 2.24) is 10.2 Å². The maximum absolute atomic E-state index is 12.9. The molecule has 20 heavy (non-hydrogen) atoms. The number of nitrogens with zero attached hydrogens (tertiary/aromatic N) is 1. The first-order chi connectivity index (χ1) is 9.68. The van der Waals surface area contributed by atoms with Crippen LogP contribution in [0.4, 0.5) is 0 Å². The Morgan fingerprint density at radius 2 is 1.90 bits per heavy atom. The minimum Gasteiger partial charge on any atom is -0.341 e. The fourth-order valence-electron chi connectivity index (χ4n) is 3.29. The van der Waals surface area contributed by atoms with Gasteiger partial charge in [-0.15, -0.1) is 0 Å². The smallest absolute Gasteiger partial charge is 0.228 e. The van der Waals surface area contributed by atoms with Crippen molar-refractivity contribution < 1.29 is 4.79 Å². The van der Waals surface area contributed by atoms with Crippen molar-refractivity contribution in [3.63, 3.8) is 0 Å². The lowest BCUT2D eigenvalue weighted by Crippen LogP contribution is -2.47. The van der Waals surface area contributed by atoms with Gasteiger partial charge in [0.15, 0.2) is 0 Å². The van der Waals surface area contributed by atoms with Gasteiger partial charge in [0.1, 0.15) is 0 Å². The van der Waals surface area contributed by atoms with Crippen LogP contribution in [0.1, 0.15) is 38.2 Å². The maximum atomic E-state index is 12.9. The predicted octanol–water partition coefficient (Wildman–Crippen LogP) is 2.81. The van der Waals surface area contributed by atoms with E-state index in [-0.39, 0.29) is 5.41 Å². The van der Waals surface area contributed by atoms with E-state index in [2.05, 4.69) is 24.4 Å². The second-order valence-corrected chi connectivity index (χ2v) is 5.93. The summed E-state index contributed by atoms with van der Waals surface area (Å²) in [7, 11) is 1.94. The van der Waals surface area contributed by atoms with Crippen molar-refractivity contribution in [1.29, 1.82) is 0 Å². The molecule has 1 aromatic rings. The van der Waals surface area contributed by atoms with Gasteiger partial charge in [0, 0.05) is 13.6 Å². The fraction of sp³-hybridized carbons (Fsp3) is 0.588. The highest BCUT2D eigenvalue weighted by Crippen LogP contribution is 2.36. The third-order valence-electron chi connectivity index (χ3n) is 4.35. The highest BCUT2D eigenvalue weighted by Gasteiger charge is 2.40. The molecular weight excluding hydrogens is 248 g/mol. The van der Waals surface area contributed by atoms with Gasteiger partial charge in [-0.05, 0) is 37.9 Å². The summed E-state index contributed by atoms with van der Waals surface area (Å²) < 4.78 is 0. The third-order valence-corrected chi connectivity index (χ3v) is 4.35. The van der Waals surface area contributed by atoms with Gasteiger partial charge in [0.25, 0.3) is 0 Å². The quantitative estimate of drug-likeness (QED) is 0.895. The van der Waals surface area contributed by atoms with Crippen LogP contribution in [0.2, 0.25) is 0 Å². The Kier molecular flexibility index (Phi) is 5.18. The van der Waals surface area contributed by atoms with E-state index < -0.39 is 0 Å². The van der Waals surface area contributed by atoms with Crippen molar-refractivity contribution in [3.8, 4) is 0 Å². The zero-order valence-corrected chi connectivity index (χ0v) is 12.7. The predicted molar refractivity (Wildman–Crippen MR) is 82.4 cm³/mol. The van der Waals surface area contributed by atoms with Gasteiger partial charge in [-0.25, -0.2) is 0 Å². The SMILES string of the molecule is CCCC1(C(=O)N(C)Cc2ccccc2)CCNCC1. The normalized spacial score (nSPS) is 17.7. The summed E-state index contributed by atoms with van der Waals surface area (Å²) in [4.78, 5) is 14.8. The lowest BCUT2D eigenvalue weighted by molar-refractivity contribution is -0.143. The van der Waals surface area contributed by atoms with Crippen LogP contribution in [0.3, 0.4) is 0 Å². The van der Waals surface area contributed by atoms with E-state index in [9.17, 15) is 4.79 Å². The van der Waals surface area contributed by atoms with Crippen molar-refractivity contribution >= 4 is 5.91 Å². The molecule has 0 saturated carbocycles. The first kappa shape index (κ1) is 15.0. The molecule has 1 heterocycles. The van der Waals surface area contributed by atoms with Crippen molar-refractivity contribution in [2.45, 2.75) is 39.2 Å².